The van der Waals surface area contributed by atoms with Gasteiger partial charge in [-0.05, 0) is 31.9 Å². The Kier molecular flexibility index (Phi) is 10.7. The molecule has 1 aliphatic heterocycles. The predicted molar refractivity (Wildman–Crippen MR) is 129 cm³/mol. The topological polar surface area (TPSA) is 223 Å². The smallest absolute Gasteiger partial charge is 0.325 e. The number of carbonyl (C=O) groups is 1. The van der Waals surface area contributed by atoms with Crippen molar-refractivity contribution < 1.29 is 28.9 Å². The number of amides is 1. The first-order valence-corrected chi connectivity index (χ1v) is 13.7. The Hall–Kier alpha value is -2.28. The van der Waals surface area contributed by atoms with Crippen LogP contribution >= 0.6 is 16.0 Å². The Labute approximate surface area is 198 Å². The first kappa shape index (κ1) is 28.0. The van der Waals surface area contributed by atoms with Crippen molar-refractivity contribution in [3.63, 3.8) is 0 Å². The van der Waals surface area contributed by atoms with Gasteiger partial charge in [-0.3, -0.25) is 14.4 Å². The molecule has 0 unspecified atom stereocenters. The predicted octanol–water partition coefficient (Wildman–Crippen LogP) is -0.858. The molecule has 0 bridgehead atoms. The van der Waals surface area contributed by atoms with E-state index in [1.165, 1.54) is 17.3 Å². The van der Waals surface area contributed by atoms with Gasteiger partial charge in [-0.1, -0.05) is 0 Å². The summed E-state index contributed by atoms with van der Waals surface area (Å²) in [5.41, 5.74) is 13.8. The number of rotatable bonds is 13. The van der Waals surface area contributed by atoms with E-state index in [-0.39, 0.29) is 42.6 Å². The summed E-state index contributed by atoms with van der Waals surface area (Å²) in [5.74, 6) is 5.56. The fraction of sp³-hybridized carbons (Fsp3) is 0.444. The summed E-state index contributed by atoms with van der Waals surface area (Å²) in [7, 11) is -6.06. The molecule has 1 amide bonds. The van der Waals surface area contributed by atoms with Crippen molar-refractivity contribution in [2.45, 2.75) is 19.8 Å². The Morgan fingerprint density at radius 2 is 2.09 bits per heavy atom. The summed E-state index contributed by atoms with van der Waals surface area (Å²) in [5, 5.41) is 5.65. The molecule has 16 heteroatoms. The fourth-order valence-corrected chi connectivity index (χ4v) is 3.94. The Morgan fingerprint density at radius 1 is 1.35 bits per heavy atom. The molecule has 34 heavy (non-hydrogen) atoms. The zero-order valence-corrected chi connectivity index (χ0v) is 20.5. The van der Waals surface area contributed by atoms with Gasteiger partial charge in [0.2, 0.25) is 0 Å². The van der Waals surface area contributed by atoms with Crippen LogP contribution in [0, 0.1) is 0 Å². The number of hydrogen-bond donors (Lipinski definition) is 9. The van der Waals surface area contributed by atoms with Crippen molar-refractivity contribution >= 4 is 33.3 Å². The van der Waals surface area contributed by atoms with E-state index < -0.39 is 16.0 Å². The largest absolute Gasteiger partial charge is 0.396 e. The average molecular weight is 518 g/mol. The molecule has 0 saturated heterocycles. The summed E-state index contributed by atoms with van der Waals surface area (Å²) in [6.07, 6.45) is 3.83. The number of nitrogens with zero attached hydrogens (tertiary/aromatic N) is 3. The second-order valence-corrected chi connectivity index (χ2v) is 10.4. The van der Waals surface area contributed by atoms with Crippen molar-refractivity contribution in [1.29, 1.82) is 0 Å². The van der Waals surface area contributed by atoms with Crippen LogP contribution in [0.2, 0.25) is 0 Å². The van der Waals surface area contributed by atoms with Crippen molar-refractivity contribution in [2.75, 3.05) is 32.0 Å². The van der Waals surface area contributed by atoms with E-state index in [0.717, 1.165) is 0 Å². The van der Waals surface area contributed by atoms with Gasteiger partial charge in [-0.25, -0.2) is 10.8 Å². The lowest BCUT2D eigenvalue weighted by atomic mass is 10.1. The second kappa shape index (κ2) is 13.0. The minimum Gasteiger partial charge on any atom is -0.396 e. The third-order valence-electron chi connectivity index (χ3n) is 4.54. The number of nitrogens with one attached hydrogen (secondary N) is 3. The molecular formula is C18H32N8O6P2. The maximum absolute atomic E-state index is 12.5. The quantitative estimate of drug-likeness (QED) is 0.0882. The third kappa shape index (κ3) is 9.53. The first-order chi connectivity index (χ1) is 16.0. The molecule has 0 aliphatic carbocycles. The molecule has 0 saturated carbocycles. The molecule has 1 aromatic heterocycles. The maximum atomic E-state index is 12.5. The summed E-state index contributed by atoms with van der Waals surface area (Å²) >= 11 is 0. The summed E-state index contributed by atoms with van der Waals surface area (Å²) in [4.78, 5) is 53.0. The Morgan fingerprint density at radius 3 is 2.74 bits per heavy atom. The first-order valence-electron chi connectivity index (χ1n) is 10.5. The number of nitrogens with two attached hydrogens (primary N) is 2. The molecule has 2 heterocycles. The Balaban J connectivity index is 2.23. The highest BCUT2D eigenvalue weighted by atomic mass is 31.2. The second-order valence-electron chi connectivity index (χ2n) is 7.47. The van der Waals surface area contributed by atoms with Crippen LogP contribution < -0.4 is 27.9 Å². The molecule has 0 radical (unpaired) electrons. The number of pyridine rings is 1. The monoisotopic (exact) mass is 518 g/mol. The number of hydrazine groups is 3. The van der Waals surface area contributed by atoms with Crippen molar-refractivity contribution in [2.24, 2.45) is 11.6 Å². The summed E-state index contributed by atoms with van der Waals surface area (Å²) in [6.45, 7) is 2.90. The lowest BCUT2D eigenvalue weighted by molar-refractivity contribution is 0.0955. The van der Waals surface area contributed by atoms with Gasteiger partial charge in [0.15, 0.2) is 8.38 Å². The van der Waals surface area contributed by atoms with E-state index in [9.17, 15) is 9.36 Å². The van der Waals surface area contributed by atoms with Gasteiger partial charge in [0.25, 0.3) is 5.91 Å². The number of hydrogen-bond acceptors (Lipinski definition) is 11. The normalized spacial score (nSPS) is 14.3. The van der Waals surface area contributed by atoms with E-state index in [1.807, 2.05) is 0 Å². The SMILES string of the molecule is CCNC(=O)c1cc(C2=CN(CCCP(O)O)NN2)nc(/C(N)=C/N(N)CCCP(=O)(O)O)c1. The Bertz CT molecular complexity index is 954. The summed E-state index contributed by atoms with van der Waals surface area (Å²) in [6, 6.07) is 3.13. The van der Waals surface area contributed by atoms with E-state index in [2.05, 4.69) is 21.3 Å². The van der Waals surface area contributed by atoms with Gasteiger partial charge in [0.1, 0.15) is 0 Å². The molecule has 1 aromatic rings. The molecule has 190 valence electrons. The van der Waals surface area contributed by atoms with Crippen LogP contribution in [-0.4, -0.2) is 72.4 Å². The van der Waals surface area contributed by atoms with Crippen LogP contribution in [0.15, 0.2) is 24.5 Å². The van der Waals surface area contributed by atoms with Gasteiger partial charge >= 0.3 is 7.60 Å². The molecule has 14 nitrogen and oxygen atoms in total. The fourth-order valence-electron chi connectivity index (χ4n) is 2.96. The third-order valence-corrected chi connectivity index (χ3v) is 6.16. The highest BCUT2D eigenvalue weighted by Crippen LogP contribution is 2.34. The molecule has 11 N–H and O–H groups in total. The van der Waals surface area contributed by atoms with Gasteiger partial charge in [0, 0.05) is 43.8 Å². The van der Waals surface area contributed by atoms with Crippen LogP contribution in [0.4, 0.5) is 0 Å². The van der Waals surface area contributed by atoms with Gasteiger partial charge < -0.3 is 41.1 Å². The highest BCUT2D eigenvalue weighted by molar-refractivity contribution is 7.51. The molecule has 0 atom stereocenters. The van der Waals surface area contributed by atoms with Gasteiger partial charge in [-0.2, -0.15) is 0 Å². The van der Waals surface area contributed by atoms with E-state index in [1.54, 1.807) is 24.2 Å². The van der Waals surface area contributed by atoms with Crippen LogP contribution in [-0.2, 0) is 4.57 Å². The highest BCUT2D eigenvalue weighted by Gasteiger charge is 2.18. The molecule has 2 rings (SSSR count). The van der Waals surface area contributed by atoms with Crippen LogP contribution in [0.5, 0.6) is 0 Å². The lowest BCUT2D eigenvalue weighted by Crippen LogP contribution is -2.37. The van der Waals surface area contributed by atoms with Gasteiger partial charge in [-0.15, -0.1) is 5.53 Å². The van der Waals surface area contributed by atoms with Crippen molar-refractivity contribution in [3.05, 3.63) is 41.5 Å². The van der Waals surface area contributed by atoms with Gasteiger partial charge in [0.05, 0.1) is 28.9 Å². The minimum absolute atomic E-state index is 0.157. The molecule has 0 spiro atoms. The van der Waals surface area contributed by atoms with Crippen LogP contribution in [0.25, 0.3) is 11.4 Å². The maximum Gasteiger partial charge on any atom is 0.325 e. The average Bonchev–Trinajstić information content (AvgIpc) is 3.21. The molecule has 0 aromatic carbocycles. The standard InChI is InChI=1S/C18H32N8O6P2/c1-2-21-18(27)13-9-15(14(19)11-25(20)5-4-8-34(30,31)32)22-16(10-13)17-12-26(24-23-17)6-3-7-33(28)29/h9-12,23-24,28-29H,2-8,19-20H2,1H3,(H,21,27)(H2,30,31,32)/b14-11-. The zero-order chi connectivity index (χ0) is 25.3. The molecule has 1 aliphatic rings. The number of carbonyl (C=O) groups excluding carboxylic acids is 1. The van der Waals surface area contributed by atoms with Crippen LogP contribution in [0.1, 0.15) is 41.5 Å². The zero-order valence-electron chi connectivity index (χ0n) is 18.8. The molecule has 0 fully saturated rings. The van der Waals surface area contributed by atoms with Crippen molar-refractivity contribution in [3.8, 4) is 0 Å². The van der Waals surface area contributed by atoms with E-state index in [0.29, 0.717) is 36.5 Å². The minimum atomic E-state index is -4.11. The molecular weight excluding hydrogens is 486 g/mol. The lowest BCUT2D eigenvalue weighted by Gasteiger charge is -2.16. The van der Waals surface area contributed by atoms with Crippen LogP contribution in [0.3, 0.4) is 0 Å². The van der Waals surface area contributed by atoms with Crippen molar-refractivity contribution in [1.82, 2.24) is 31.3 Å². The number of aromatic nitrogens is 1. The van der Waals surface area contributed by atoms with E-state index in [4.69, 9.17) is 31.1 Å². The van der Waals surface area contributed by atoms with E-state index >= 15 is 0 Å². The summed E-state index contributed by atoms with van der Waals surface area (Å²) < 4.78 is 11.0.